The van der Waals surface area contributed by atoms with Crippen molar-refractivity contribution < 1.29 is 54.6 Å². The Kier molecular flexibility index (Phi) is 24.5. The number of H-pyrrole nitrogens is 5. The average molecular weight is 1540 g/mol. The van der Waals surface area contributed by atoms with Crippen molar-refractivity contribution in [2.45, 2.75) is 34.6 Å². The Morgan fingerprint density at radius 2 is 0.829 bits per heavy atom. The Balaban J connectivity index is 0.000000152. The maximum Gasteiger partial charge on any atom is 0.204 e. The summed E-state index contributed by atoms with van der Waals surface area (Å²) >= 11 is 6.36. The van der Waals surface area contributed by atoms with E-state index in [1.165, 1.54) is 77.1 Å². The SMILES string of the molecule is CC(=O)c1cc(-c2nn[nH]n2)cc(-c2ccccc2)c1O.CC(=O)c1cc(-c2nn[nH]n2)cc(Br)c1O.CC(=O)c1cc(-c2nn[nH]n2)ccc1O.CC(=O)c1cc(Br)ccc1O.CC(=O)c1cc(C#N)ccc1O.N=C(N)c1ccc2[nH]c(-c3cc(-c4nn[nH]n4)cc(-c4ccccc4)c3O)cc2c1. The lowest BCUT2D eigenvalue weighted by Crippen LogP contribution is -2.10. The van der Waals surface area contributed by atoms with E-state index in [1.807, 2.05) is 97.1 Å². The van der Waals surface area contributed by atoms with Crippen LogP contribution in [0.2, 0.25) is 0 Å². The zero-order valence-electron chi connectivity index (χ0n) is 55.6. The van der Waals surface area contributed by atoms with Crippen molar-refractivity contribution in [2.75, 3.05) is 0 Å². The second-order valence-electron chi connectivity index (χ2n) is 22.3. The van der Waals surface area contributed by atoms with E-state index in [0.717, 1.165) is 37.8 Å². The van der Waals surface area contributed by atoms with E-state index < -0.39 is 0 Å². The molecule has 0 fully saturated rings. The third-order valence-corrected chi connectivity index (χ3v) is 16.2. The molecule has 14 N–H and O–H groups in total. The van der Waals surface area contributed by atoms with Crippen LogP contribution >= 0.6 is 31.9 Å². The number of carbonyl (C=O) groups excluding carboxylic acids is 5. The Hall–Kier alpha value is -14.1. The highest BCUT2D eigenvalue weighted by atomic mass is 79.9. The molecule has 0 aliphatic heterocycles. The van der Waals surface area contributed by atoms with Gasteiger partial charge in [-0.25, -0.2) is 0 Å². The van der Waals surface area contributed by atoms with Gasteiger partial charge in [-0.1, -0.05) is 76.6 Å². The topological polar surface area (TPSA) is 514 Å². The summed E-state index contributed by atoms with van der Waals surface area (Å²) in [5, 5.41) is 131. The fraction of sp³-hybridized carbons (Fsp3) is 0.0694. The normalized spacial score (nSPS) is 10.3. The number of nitrogens with two attached hydrogens (primary N) is 1. The molecule has 31 nitrogen and oxygen atoms in total. The maximum atomic E-state index is 11.7. The van der Waals surface area contributed by atoms with Crippen LogP contribution in [0, 0.1) is 16.7 Å². The fourth-order valence-electron chi connectivity index (χ4n) is 9.89. The third kappa shape index (κ3) is 18.8. The van der Waals surface area contributed by atoms with Crippen molar-refractivity contribution >= 4 is 77.5 Å². The number of nitriles is 1. The molecule has 526 valence electrons. The lowest BCUT2D eigenvalue weighted by Gasteiger charge is -2.11. The monoisotopic (exact) mass is 1540 g/mol. The first-order valence-corrected chi connectivity index (χ1v) is 32.3. The number of phenolic OH excluding ortho intramolecular Hbond substituents is 6. The highest BCUT2D eigenvalue weighted by molar-refractivity contribution is 9.10. The van der Waals surface area contributed by atoms with Crippen LogP contribution in [0.3, 0.4) is 0 Å². The van der Waals surface area contributed by atoms with Crippen LogP contribution in [0.25, 0.3) is 90.0 Å². The number of carbonyl (C=O) groups is 5. The molecular formula is C72H58Br2N20O11. The van der Waals surface area contributed by atoms with Crippen molar-refractivity contribution in [2.24, 2.45) is 5.73 Å². The number of nitrogens with zero attached hydrogens (tertiary/aromatic N) is 13. The number of hydrogen-bond acceptors (Lipinski definition) is 25. The lowest BCUT2D eigenvalue weighted by atomic mass is 9.96. The molecule has 0 aliphatic carbocycles. The highest BCUT2D eigenvalue weighted by Gasteiger charge is 2.21. The van der Waals surface area contributed by atoms with Gasteiger partial charge in [0.1, 0.15) is 40.3 Å². The first kappa shape index (κ1) is 75.1. The van der Waals surface area contributed by atoms with Crippen LogP contribution < -0.4 is 5.73 Å². The zero-order valence-corrected chi connectivity index (χ0v) is 58.8. The third-order valence-electron chi connectivity index (χ3n) is 15.1. The number of hydrogen-bond donors (Lipinski definition) is 13. The van der Waals surface area contributed by atoms with Gasteiger partial charge in [-0.2, -0.15) is 26.1 Å². The molecule has 0 saturated heterocycles. The van der Waals surface area contributed by atoms with E-state index in [2.05, 4.69) is 119 Å². The number of aromatic hydroxyl groups is 6. The number of phenols is 6. The summed E-state index contributed by atoms with van der Waals surface area (Å²) in [5.41, 5.74) is 15.5. The summed E-state index contributed by atoms with van der Waals surface area (Å²) in [7, 11) is 0. The van der Waals surface area contributed by atoms with E-state index in [4.69, 9.17) is 21.5 Å². The molecule has 0 unspecified atom stereocenters. The molecule has 14 aromatic rings. The molecule has 5 heterocycles. The number of ketones is 5. The van der Waals surface area contributed by atoms with Crippen LogP contribution in [0.5, 0.6) is 34.5 Å². The van der Waals surface area contributed by atoms with Gasteiger partial charge in [0.15, 0.2) is 28.9 Å². The van der Waals surface area contributed by atoms with E-state index in [-0.39, 0.29) is 91.5 Å². The Labute approximate surface area is 610 Å². The number of benzene rings is 9. The number of Topliss-reactive ketones (excluding diaryl/α,β-unsaturated/α-hetero) is 5. The molecule has 0 bridgehead atoms. The van der Waals surface area contributed by atoms with Gasteiger partial charge in [0.25, 0.3) is 0 Å². The lowest BCUT2D eigenvalue weighted by molar-refractivity contribution is 0.100. The van der Waals surface area contributed by atoms with Crippen molar-refractivity contribution in [3.05, 3.63) is 224 Å². The first-order valence-electron chi connectivity index (χ1n) is 30.7. The van der Waals surface area contributed by atoms with E-state index in [9.17, 15) is 49.5 Å². The molecule has 0 atom stereocenters. The molecule has 9 aromatic carbocycles. The van der Waals surface area contributed by atoms with Gasteiger partial charge in [-0.3, -0.25) is 29.4 Å². The summed E-state index contributed by atoms with van der Waals surface area (Å²) < 4.78 is 1.21. The second kappa shape index (κ2) is 34.3. The van der Waals surface area contributed by atoms with E-state index in [1.54, 1.807) is 42.5 Å². The minimum atomic E-state index is -0.246. The zero-order chi connectivity index (χ0) is 75.6. The molecule has 14 rings (SSSR count). The molecule has 5 aromatic heterocycles. The van der Waals surface area contributed by atoms with E-state index >= 15 is 0 Å². The van der Waals surface area contributed by atoms with Gasteiger partial charge in [0.05, 0.1) is 49.6 Å². The molecule has 105 heavy (non-hydrogen) atoms. The number of amidine groups is 1. The number of tetrazole rings is 4. The van der Waals surface area contributed by atoms with Gasteiger partial charge in [-0.05, 0) is 198 Å². The predicted molar refractivity (Wildman–Crippen MR) is 391 cm³/mol. The van der Waals surface area contributed by atoms with Gasteiger partial charge < -0.3 is 41.4 Å². The number of aromatic nitrogens is 17. The van der Waals surface area contributed by atoms with Crippen LogP contribution in [-0.4, -0.2) is 153 Å². The Bertz CT molecular complexity index is 5520. The molecule has 0 saturated carbocycles. The number of halogens is 2. The number of fused-ring (bicyclic) bond motifs is 1. The molecule has 33 heteroatoms. The summed E-state index contributed by atoms with van der Waals surface area (Å²) in [6.07, 6.45) is 0. The minimum Gasteiger partial charge on any atom is -0.507 e. The molecule has 0 amide bonds. The largest absolute Gasteiger partial charge is 0.507 e. The van der Waals surface area contributed by atoms with Crippen LogP contribution in [0.1, 0.15) is 97.5 Å². The molecule has 0 spiro atoms. The summed E-state index contributed by atoms with van der Waals surface area (Å²) in [4.78, 5) is 59.2. The second-order valence-corrected chi connectivity index (χ2v) is 24.1. The summed E-state index contributed by atoms with van der Waals surface area (Å²) in [6.45, 7) is 6.93. The number of nitrogen functional groups attached to an aromatic ring is 1. The predicted octanol–water partition coefficient (Wildman–Crippen LogP) is 12.2. The standard InChI is InChI=1S/C22H17N7O.C15H12N4O2.C9H7BrN4O2.C9H8N4O2.C9H7NO2.C8H7BrO2/c23-21(24)13-6-7-18-14(8-13)11-19(25-18)17-10-15(22-26-28-29-27-22)9-16(20(17)30)12-4-2-1-3-5-12;1-9(20)12-7-11(15-16-18-19-17-15)8-13(14(12)21)10-5-3-2-4-6-10;1-4(15)6-2-5(3-7(10)8(6)16)9-11-13-14-12-9;1-5(14)7-4-6(2-3-8(7)15)9-10-12-13-11-9;1-6(11)8-4-7(5-10)2-3-9(8)12;1-5(10)7-4-6(9)2-3-8(7)11/h1-11,25,30H,(H3,23,24)(H,26,27,28,29);2-8,21H,1H3,(H,16,17,18,19);2-3,16H,1H3,(H,11,12,13,14);2-4,15H,1H3,(H,10,11,12,13);2-4,12H,1H3;2-4,11H,1H3. The molecule has 0 radical (unpaired) electrons. The van der Waals surface area contributed by atoms with Crippen LogP contribution in [-0.2, 0) is 0 Å². The quantitative estimate of drug-likeness (QED) is 0.0290. The van der Waals surface area contributed by atoms with Crippen molar-refractivity contribution in [1.82, 2.24) is 87.5 Å². The van der Waals surface area contributed by atoms with E-state index in [0.29, 0.717) is 77.8 Å². The highest BCUT2D eigenvalue weighted by Crippen LogP contribution is 2.42. The smallest absolute Gasteiger partial charge is 0.204 e. The van der Waals surface area contributed by atoms with Gasteiger partial charge >= 0.3 is 0 Å². The average Bonchev–Trinajstić information content (AvgIpc) is 1.77. The maximum absolute atomic E-state index is 11.7. The van der Waals surface area contributed by atoms with Crippen molar-refractivity contribution in [3.63, 3.8) is 0 Å². The molecular weight excluding hydrogens is 1480 g/mol. The van der Waals surface area contributed by atoms with Crippen molar-refractivity contribution in [3.8, 4) is 120 Å². The molecule has 0 aliphatic rings. The first-order chi connectivity index (χ1) is 50.3. The number of aromatic amines is 5. The fourth-order valence-corrected chi connectivity index (χ4v) is 10.7. The minimum absolute atomic E-state index is 0.00737. The Morgan fingerprint density at radius 1 is 0.419 bits per heavy atom. The van der Waals surface area contributed by atoms with Gasteiger partial charge in [0.2, 0.25) is 23.3 Å². The van der Waals surface area contributed by atoms with Crippen LogP contribution in [0.15, 0.2) is 185 Å². The summed E-state index contributed by atoms with van der Waals surface area (Å²) in [6, 6.07) is 51.9. The summed E-state index contributed by atoms with van der Waals surface area (Å²) in [5.74, 6) is 0.431. The van der Waals surface area contributed by atoms with Gasteiger partial charge in [-0.15, -0.1) is 40.8 Å². The van der Waals surface area contributed by atoms with Gasteiger partial charge in [0, 0.05) is 59.9 Å². The number of rotatable bonds is 13. The van der Waals surface area contributed by atoms with Crippen LogP contribution in [0.4, 0.5) is 0 Å². The number of nitrogens with one attached hydrogen (secondary N) is 6. The Morgan fingerprint density at radius 3 is 1.29 bits per heavy atom. The van der Waals surface area contributed by atoms with Crippen molar-refractivity contribution in [1.29, 1.82) is 10.7 Å².